The van der Waals surface area contributed by atoms with Crippen LogP contribution in [-0.2, 0) is 14.8 Å². The van der Waals surface area contributed by atoms with Crippen molar-refractivity contribution in [3.63, 3.8) is 0 Å². The van der Waals surface area contributed by atoms with Gasteiger partial charge in [-0.3, -0.25) is 14.6 Å². The van der Waals surface area contributed by atoms with Gasteiger partial charge >= 0.3 is 12.1 Å². The minimum Gasteiger partial charge on any atom is -0.494 e. The van der Waals surface area contributed by atoms with Gasteiger partial charge in [0.05, 0.1) is 12.7 Å². The summed E-state index contributed by atoms with van der Waals surface area (Å²) in [6.45, 7) is 4.22. The number of aliphatic hydroxyl groups excluding tert-OH is 1. The molecule has 0 saturated carbocycles. The highest BCUT2D eigenvalue weighted by atomic mass is 32.2. The maximum Gasteiger partial charge on any atom is 0.453 e. The third kappa shape index (κ3) is 8.18. The number of hydrogen-bond acceptors (Lipinski definition) is 7. The van der Waals surface area contributed by atoms with Gasteiger partial charge in [0.1, 0.15) is 17.1 Å². The number of carbonyl (C=O) groups is 2. The molecule has 2 saturated heterocycles. The van der Waals surface area contributed by atoms with Crippen molar-refractivity contribution in [1.82, 2.24) is 14.5 Å². The summed E-state index contributed by atoms with van der Waals surface area (Å²) < 4.78 is 96.8. The number of carbonyl (C=O) groups excluding carboxylic acids is 2. The number of aryl methyl sites for hydroxylation is 2. The standard InChI is InChI=1S/C34H39F5N4O6S/c1-22-19-25(30(45)42-13-7-26(44)8-14-42)20-23(2)28(22)9-18-50(47,48)43-15-11-32(12-16-43)31(46)40-29(41-32)24-5-3-6-27(21-24)49-17-4-10-33(35,36)34(37,38)39/h3,5-6,9,18-21,26,44H,4,7-8,10-17H2,1-2H3,(H,40,41,46). The highest BCUT2D eigenvalue weighted by Gasteiger charge is 2.56. The van der Waals surface area contributed by atoms with E-state index < -0.39 is 52.5 Å². The molecule has 1 spiro atoms. The van der Waals surface area contributed by atoms with Gasteiger partial charge in [0, 0.05) is 49.1 Å². The number of nitrogens with zero attached hydrogens (tertiary/aromatic N) is 3. The molecule has 0 atom stereocenters. The van der Waals surface area contributed by atoms with E-state index in [-0.39, 0.29) is 50.0 Å². The van der Waals surface area contributed by atoms with Crippen molar-refractivity contribution in [2.75, 3.05) is 32.8 Å². The van der Waals surface area contributed by atoms with Gasteiger partial charge in [-0.15, -0.1) is 0 Å². The van der Waals surface area contributed by atoms with Crippen molar-refractivity contribution in [3.05, 3.63) is 69.6 Å². The van der Waals surface area contributed by atoms with E-state index in [1.54, 1.807) is 43.0 Å². The Labute approximate surface area is 287 Å². The van der Waals surface area contributed by atoms with Crippen LogP contribution < -0.4 is 10.1 Å². The summed E-state index contributed by atoms with van der Waals surface area (Å²) in [5, 5.41) is 13.6. The summed E-state index contributed by atoms with van der Waals surface area (Å²) in [6, 6.07) is 9.62. The monoisotopic (exact) mass is 726 g/mol. The molecule has 2 amide bonds. The van der Waals surface area contributed by atoms with Crippen LogP contribution in [0.3, 0.4) is 0 Å². The number of benzene rings is 2. The molecule has 2 aromatic rings. The number of sulfonamides is 1. The molecule has 50 heavy (non-hydrogen) atoms. The smallest absolute Gasteiger partial charge is 0.453 e. The topological polar surface area (TPSA) is 129 Å². The fourth-order valence-corrected chi connectivity index (χ4v) is 7.49. The van der Waals surface area contributed by atoms with Crippen LogP contribution in [-0.4, -0.2) is 96.9 Å². The first-order valence-corrected chi connectivity index (χ1v) is 17.8. The molecular weight excluding hydrogens is 687 g/mol. The van der Waals surface area contributed by atoms with Gasteiger partial charge in [0.25, 0.3) is 11.8 Å². The van der Waals surface area contributed by atoms with Crippen LogP contribution in [0.4, 0.5) is 22.0 Å². The Hall–Kier alpha value is -3.89. The van der Waals surface area contributed by atoms with E-state index in [2.05, 4.69) is 10.3 Å². The van der Waals surface area contributed by atoms with Crippen LogP contribution in [0, 0.1) is 13.8 Å². The molecule has 0 radical (unpaired) electrons. The highest BCUT2D eigenvalue weighted by molar-refractivity contribution is 7.92. The average molecular weight is 727 g/mol. The van der Waals surface area contributed by atoms with E-state index in [9.17, 15) is 45.1 Å². The van der Waals surface area contributed by atoms with Crippen LogP contribution in [0.25, 0.3) is 6.08 Å². The van der Waals surface area contributed by atoms with E-state index in [0.717, 1.165) is 16.5 Å². The van der Waals surface area contributed by atoms with Gasteiger partial charge in [-0.25, -0.2) is 8.42 Å². The predicted molar refractivity (Wildman–Crippen MR) is 175 cm³/mol. The SMILES string of the molecule is Cc1cc(C(=O)N2CCC(O)CC2)cc(C)c1C=CS(=O)(=O)N1CCC2(CC1)N=C(c1cccc(OCCCC(F)(F)C(F)(F)F)c1)NC2=O. The molecule has 2 aromatic carbocycles. The minimum atomic E-state index is -5.63. The van der Waals surface area contributed by atoms with Crippen molar-refractivity contribution in [2.45, 2.75) is 76.1 Å². The molecular formula is C34H39F5N4O6S. The maximum atomic E-state index is 13.3. The van der Waals surface area contributed by atoms with Gasteiger partial charge in [-0.1, -0.05) is 12.1 Å². The normalized spacial score (nSPS) is 19.2. The lowest BCUT2D eigenvalue weighted by Gasteiger charge is -2.34. The molecule has 3 aliphatic heterocycles. The van der Waals surface area contributed by atoms with Gasteiger partial charge < -0.3 is 20.1 Å². The van der Waals surface area contributed by atoms with E-state index >= 15 is 0 Å². The number of likely N-dealkylation sites (tertiary alicyclic amines) is 1. The minimum absolute atomic E-state index is 0.0263. The first kappa shape index (κ1) is 37.4. The molecule has 5 rings (SSSR count). The summed E-state index contributed by atoms with van der Waals surface area (Å²) in [4.78, 5) is 32.4. The zero-order chi connectivity index (χ0) is 36.5. The Bertz CT molecular complexity index is 1760. The molecule has 272 valence electrons. The number of hydrogen-bond donors (Lipinski definition) is 2. The predicted octanol–water partition coefficient (Wildman–Crippen LogP) is 4.97. The first-order valence-electron chi connectivity index (χ1n) is 16.3. The van der Waals surface area contributed by atoms with E-state index in [1.165, 1.54) is 22.5 Å². The second-order valence-electron chi connectivity index (χ2n) is 12.9. The van der Waals surface area contributed by atoms with Crippen LogP contribution in [0.5, 0.6) is 5.75 Å². The van der Waals surface area contributed by atoms with Crippen LogP contribution in [0.15, 0.2) is 46.8 Å². The summed E-state index contributed by atoms with van der Waals surface area (Å²) >= 11 is 0. The maximum absolute atomic E-state index is 13.3. The Morgan fingerprint density at radius 2 is 1.70 bits per heavy atom. The second kappa shape index (κ2) is 14.4. The van der Waals surface area contributed by atoms with E-state index in [1.807, 2.05) is 0 Å². The molecule has 3 heterocycles. The lowest BCUT2D eigenvalue weighted by atomic mass is 9.89. The third-order valence-corrected chi connectivity index (χ3v) is 10.9. The quantitative estimate of drug-likeness (QED) is 0.263. The van der Waals surface area contributed by atoms with Gasteiger partial charge in [-0.05, 0) is 93.0 Å². The molecule has 0 aliphatic carbocycles. The van der Waals surface area contributed by atoms with E-state index in [4.69, 9.17) is 4.74 Å². The van der Waals surface area contributed by atoms with Crippen molar-refractivity contribution >= 4 is 33.7 Å². The zero-order valence-corrected chi connectivity index (χ0v) is 28.4. The molecule has 16 heteroatoms. The number of aliphatic hydroxyl groups is 1. The zero-order valence-electron chi connectivity index (χ0n) is 27.6. The Morgan fingerprint density at radius 3 is 2.32 bits per heavy atom. The number of nitrogens with one attached hydrogen (secondary N) is 1. The lowest BCUT2D eigenvalue weighted by Crippen LogP contribution is -2.50. The van der Waals surface area contributed by atoms with Crippen LogP contribution in [0.1, 0.15) is 71.1 Å². The van der Waals surface area contributed by atoms with Crippen LogP contribution in [0.2, 0.25) is 0 Å². The number of alkyl halides is 5. The summed E-state index contributed by atoms with van der Waals surface area (Å²) in [7, 11) is -3.88. The first-order chi connectivity index (χ1) is 23.4. The van der Waals surface area contributed by atoms with Gasteiger partial charge in [-0.2, -0.15) is 26.3 Å². The molecule has 0 bridgehead atoms. The second-order valence-corrected chi connectivity index (χ2v) is 14.7. The van der Waals surface area contributed by atoms with Crippen molar-refractivity contribution < 1.29 is 49.8 Å². The molecule has 2 N–H and O–H groups in total. The van der Waals surface area contributed by atoms with Crippen molar-refractivity contribution in [2.24, 2.45) is 4.99 Å². The number of piperidine rings is 2. The fourth-order valence-electron chi connectivity index (χ4n) is 6.31. The Kier molecular flexibility index (Phi) is 10.8. The molecule has 10 nitrogen and oxygen atoms in total. The highest BCUT2D eigenvalue weighted by Crippen LogP contribution is 2.39. The molecule has 0 unspecified atom stereocenters. The fraction of sp³-hybridized carbons (Fsp3) is 0.500. The Morgan fingerprint density at radius 1 is 1.06 bits per heavy atom. The molecule has 2 fully saturated rings. The van der Waals surface area contributed by atoms with Crippen molar-refractivity contribution in [1.29, 1.82) is 0 Å². The number of halogens is 5. The average Bonchev–Trinajstić information content (AvgIpc) is 3.37. The molecule has 3 aliphatic rings. The summed E-state index contributed by atoms with van der Waals surface area (Å²) in [5.41, 5.74) is 1.86. The number of amides is 2. The largest absolute Gasteiger partial charge is 0.494 e. The summed E-state index contributed by atoms with van der Waals surface area (Å²) in [5.74, 6) is -4.94. The van der Waals surface area contributed by atoms with E-state index in [0.29, 0.717) is 42.6 Å². The lowest BCUT2D eigenvalue weighted by molar-refractivity contribution is -0.284. The van der Waals surface area contributed by atoms with Crippen molar-refractivity contribution in [3.8, 4) is 5.75 Å². The van der Waals surface area contributed by atoms with Gasteiger partial charge in [0.2, 0.25) is 10.0 Å². The van der Waals surface area contributed by atoms with Gasteiger partial charge in [0.15, 0.2) is 0 Å². The van der Waals surface area contributed by atoms with Crippen LogP contribution >= 0.6 is 0 Å². The molecule has 0 aromatic heterocycles. The number of amidine groups is 1. The number of ether oxygens (including phenoxy) is 1. The summed E-state index contributed by atoms with van der Waals surface area (Å²) in [6.07, 6.45) is -5.20. The third-order valence-electron chi connectivity index (χ3n) is 9.31. The number of rotatable bonds is 10. The Balaban J connectivity index is 1.19. The number of aliphatic imine (C=N–C) groups is 1.